The highest BCUT2D eigenvalue weighted by atomic mass is 16.7. The third kappa shape index (κ3) is 7.39. The van der Waals surface area contributed by atoms with Crippen LogP contribution in [0.4, 0.5) is 0 Å². The fourth-order valence-electron chi connectivity index (χ4n) is 6.22. The molecule has 21 heteroatoms. The van der Waals surface area contributed by atoms with Crippen LogP contribution in [0.15, 0.2) is 39.5 Å². The van der Waals surface area contributed by atoms with Crippen LogP contribution in [0.1, 0.15) is 6.92 Å². The van der Waals surface area contributed by atoms with Crippen molar-refractivity contribution in [2.75, 3.05) is 13.2 Å². The highest BCUT2D eigenvalue weighted by Crippen LogP contribution is 2.40. The van der Waals surface area contributed by atoms with E-state index in [0.717, 1.165) is 24.3 Å². The number of benzene rings is 2. The number of aromatic hydroxyl groups is 3. The first-order valence-corrected chi connectivity index (χ1v) is 16.5. The molecule has 3 aromatic rings. The molecule has 6 rings (SSSR count). The summed E-state index contributed by atoms with van der Waals surface area (Å²) in [7, 11) is 0. The number of fused-ring (bicyclic) bond motifs is 1. The smallest absolute Gasteiger partial charge is 0.239 e. The first kappa shape index (κ1) is 39.8. The van der Waals surface area contributed by atoms with Crippen molar-refractivity contribution in [3.05, 3.63) is 40.6 Å². The fourth-order valence-corrected chi connectivity index (χ4v) is 6.22. The lowest BCUT2D eigenvalue weighted by atomic mass is 9.98. The van der Waals surface area contributed by atoms with Gasteiger partial charge in [-0.05, 0) is 25.1 Å². The van der Waals surface area contributed by atoms with Gasteiger partial charge in [-0.15, -0.1) is 0 Å². The molecule has 3 aliphatic heterocycles. The highest BCUT2D eigenvalue weighted by molar-refractivity contribution is 5.88. The summed E-state index contributed by atoms with van der Waals surface area (Å²) in [5.74, 6) is -3.59. The predicted molar refractivity (Wildman–Crippen MR) is 173 cm³/mol. The standard InChI is InChI=1S/C33H40O21/c1-9-19(38)23(42)26(45)31(49-9)48-8-17-21(40)25(44)28(47)33(53-17)54-30-22(41)18-13(37)5-11(35)6-15(18)50-29(30)10-2-3-14(12(36)4-10)51-32-27(46)24(43)20(39)16(7-34)52-32/h2-6,9,16-17,19-21,23-28,31-40,42-47H,7-8H2,1H3/t9-,16-,17+,19+,20-,21-,23+,24+,25-,26-,27-,28+,31-,32-,33+/m1/s1. The van der Waals surface area contributed by atoms with Gasteiger partial charge in [0, 0.05) is 17.7 Å². The Morgan fingerprint density at radius 3 is 1.89 bits per heavy atom. The number of aliphatic hydroxyl groups excluding tert-OH is 10. The maximum atomic E-state index is 13.9. The van der Waals surface area contributed by atoms with Crippen molar-refractivity contribution in [1.82, 2.24) is 0 Å². The Balaban J connectivity index is 1.31. The van der Waals surface area contributed by atoms with E-state index in [4.69, 9.17) is 32.8 Å². The van der Waals surface area contributed by atoms with Gasteiger partial charge >= 0.3 is 0 Å². The zero-order valence-corrected chi connectivity index (χ0v) is 28.0. The Kier molecular flexibility index (Phi) is 11.5. The zero-order valence-electron chi connectivity index (χ0n) is 28.0. The molecule has 13 N–H and O–H groups in total. The van der Waals surface area contributed by atoms with Crippen LogP contribution >= 0.6 is 0 Å². The summed E-state index contributed by atoms with van der Waals surface area (Å²) in [6.45, 7) is -0.0102. The first-order chi connectivity index (χ1) is 25.5. The van der Waals surface area contributed by atoms with Gasteiger partial charge in [0.15, 0.2) is 23.5 Å². The SMILES string of the molecule is C[C@H]1O[C@@H](OC[C@@H]2O[C@@H](Oc3c(-c4ccc(O[C@@H]5O[C@H](CO)[C@@H](O)[C@H](O)[C@H]5O)c(O)c4)oc4cc(O)cc(O)c4c3=O)[C@@H](O)[C@H](O)[C@@H]2O)[C@H](O)[C@@H](O)[C@H]1O. The van der Waals surface area contributed by atoms with Gasteiger partial charge < -0.3 is 99.2 Å². The second-order valence-electron chi connectivity index (χ2n) is 13.1. The topological polar surface area (TPSA) is 349 Å². The van der Waals surface area contributed by atoms with Gasteiger partial charge in [0.1, 0.15) is 89.6 Å². The maximum Gasteiger partial charge on any atom is 0.239 e. The number of ether oxygens (including phenoxy) is 6. The molecular weight excluding hydrogens is 732 g/mol. The predicted octanol–water partition coefficient (Wildman–Crippen LogP) is -4.21. The molecule has 2 aromatic carbocycles. The van der Waals surface area contributed by atoms with E-state index in [2.05, 4.69) is 0 Å². The number of aliphatic hydroxyl groups is 10. The number of rotatable bonds is 9. The third-order valence-electron chi connectivity index (χ3n) is 9.37. The molecule has 3 saturated heterocycles. The Morgan fingerprint density at radius 1 is 0.648 bits per heavy atom. The van der Waals surface area contributed by atoms with Gasteiger partial charge in [-0.1, -0.05) is 0 Å². The van der Waals surface area contributed by atoms with Crippen LogP contribution in [-0.2, 0) is 18.9 Å². The van der Waals surface area contributed by atoms with Crippen LogP contribution < -0.4 is 14.9 Å². The maximum absolute atomic E-state index is 13.9. The molecule has 0 spiro atoms. The number of phenols is 3. The van der Waals surface area contributed by atoms with E-state index in [9.17, 15) is 71.2 Å². The second kappa shape index (κ2) is 15.7. The summed E-state index contributed by atoms with van der Waals surface area (Å²) in [6.07, 6.45) is -25.1. The average molecular weight is 773 g/mol. The van der Waals surface area contributed by atoms with Crippen LogP contribution in [0, 0.1) is 0 Å². The molecule has 0 radical (unpaired) electrons. The molecule has 4 heterocycles. The van der Waals surface area contributed by atoms with Crippen molar-refractivity contribution < 1.29 is 99.2 Å². The molecule has 0 saturated carbocycles. The minimum atomic E-state index is -2.05. The Labute approximate surface area is 303 Å². The molecule has 3 fully saturated rings. The lowest BCUT2D eigenvalue weighted by molar-refractivity contribution is -0.318. The van der Waals surface area contributed by atoms with Gasteiger partial charge in [-0.25, -0.2) is 0 Å². The van der Waals surface area contributed by atoms with Gasteiger partial charge in [0.05, 0.1) is 19.3 Å². The number of hydrogen-bond acceptors (Lipinski definition) is 21. The third-order valence-corrected chi connectivity index (χ3v) is 9.37. The molecule has 3 aliphatic rings. The first-order valence-electron chi connectivity index (χ1n) is 16.5. The summed E-state index contributed by atoms with van der Waals surface area (Å²) in [6, 6.07) is 5.11. The van der Waals surface area contributed by atoms with Gasteiger partial charge in [-0.3, -0.25) is 4.79 Å². The molecule has 0 unspecified atom stereocenters. The molecule has 0 amide bonds. The normalized spacial score (nSPS) is 37.3. The highest BCUT2D eigenvalue weighted by Gasteiger charge is 2.48. The molecule has 15 atom stereocenters. The van der Waals surface area contributed by atoms with Crippen LogP contribution in [0.25, 0.3) is 22.3 Å². The van der Waals surface area contributed by atoms with Crippen LogP contribution in [0.3, 0.4) is 0 Å². The quantitative estimate of drug-likeness (QED) is 0.0980. The van der Waals surface area contributed by atoms with E-state index in [-0.39, 0.29) is 16.9 Å². The molecular formula is C33H40O21. The Bertz CT molecular complexity index is 1850. The van der Waals surface area contributed by atoms with E-state index >= 15 is 0 Å². The molecule has 1 aromatic heterocycles. The van der Waals surface area contributed by atoms with Gasteiger partial charge in [0.25, 0.3) is 0 Å². The van der Waals surface area contributed by atoms with Gasteiger partial charge in [-0.2, -0.15) is 0 Å². The van der Waals surface area contributed by atoms with Crippen LogP contribution in [0.5, 0.6) is 28.7 Å². The molecule has 0 bridgehead atoms. The van der Waals surface area contributed by atoms with Gasteiger partial charge in [0.2, 0.25) is 23.8 Å². The fraction of sp³-hybridized carbons (Fsp3) is 0.545. The van der Waals surface area contributed by atoms with Crippen molar-refractivity contribution in [3.63, 3.8) is 0 Å². The monoisotopic (exact) mass is 772 g/mol. The van der Waals surface area contributed by atoms with Crippen molar-refractivity contribution in [2.45, 2.75) is 99.0 Å². The summed E-state index contributed by atoms with van der Waals surface area (Å²) in [5, 5.41) is 134. The second-order valence-corrected chi connectivity index (χ2v) is 13.1. The molecule has 0 aliphatic carbocycles. The number of phenolic OH excluding ortho intramolecular Hbond substituents is 3. The summed E-state index contributed by atoms with van der Waals surface area (Å²) >= 11 is 0. The van der Waals surface area contributed by atoms with Crippen molar-refractivity contribution in [3.8, 4) is 40.1 Å². The summed E-state index contributed by atoms with van der Waals surface area (Å²) in [4.78, 5) is 13.9. The lowest BCUT2D eigenvalue weighted by Crippen LogP contribution is -2.61. The Morgan fingerprint density at radius 2 is 1.24 bits per heavy atom. The molecule has 54 heavy (non-hydrogen) atoms. The van der Waals surface area contributed by atoms with E-state index in [1.807, 2.05) is 0 Å². The van der Waals surface area contributed by atoms with Crippen LogP contribution in [-0.4, -0.2) is 172 Å². The van der Waals surface area contributed by atoms with Crippen molar-refractivity contribution in [2.24, 2.45) is 0 Å². The molecule has 298 valence electrons. The largest absolute Gasteiger partial charge is 0.508 e. The van der Waals surface area contributed by atoms with E-state index in [0.29, 0.717) is 0 Å². The average Bonchev–Trinajstić information content (AvgIpc) is 3.13. The van der Waals surface area contributed by atoms with E-state index in [1.165, 1.54) is 13.0 Å². The van der Waals surface area contributed by atoms with Crippen molar-refractivity contribution in [1.29, 1.82) is 0 Å². The van der Waals surface area contributed by atoms with Crippen LogP contribution in [0.2, 0.25) is 0 Å². The Hall–Kier alpha value is -3.91. The lowest BCUT2D eigenvalue weighted by Gasteiger charge is -2.42. The zero-order chi connectivity index (χ0) is 39.3. The summed E-state index contributed by atoms with van der Waals surface area (Å²) in [5.41, 5.74) is -1.62. The van der Waals surface area contributed by atoms with E-state index in [1.54, 1.807) is 0 Å². The minimum Gasteiger partial charge on any atom is -0.508 e. The van der Waals surface area contributed by atoms with Crippen molar-refractivity contribution >= 4 is 11.0 Å². The van der Waals surface area contributed by atoms with E-state index < -0.39 is 145 Å². The minimum absolute atomic E-state index is 0.144. The number of hydrogen-bond donors (Lipinski definition) is 13. The summed E-state index contributed by atoms with van der Waals surface area (Å²) < 4.78 is 38.9. The molecule has 21 nitrogen and oxygen atoms in total.